The predicted octanol–water partition coefficient (Wildman–Crippen LogP) is 7.10. The first-order chi connectivity index (χ1) is 18.7. The van der Waals surface area contributed by atoms with Crippen LogP contribution in [0.1, 0.15) is 60.9 Å². The highest BCUT2D eigenvalue weighted by Crippen LogP contribution is 2.29. The van der Waals surface area contributed by atoms with Gasteiger partial charge >= 0.3 is 11.8 Å². The third-order valence-electron chi connectivity index (χ3n) is 6.72. The van der Waals surface area contributed by atoms with Gasteiger partial charge in [0, 0.05) is 34.7 Å². The minimum atomic E-state index is -0.833. The normalized spacial score (nSPS) is 11.1. The highest BCUT2D eigenvalue weighted by atomic mass is 79.9. The van der Waals surface area contributed by atoms with Crippen LogP contribution in [0.4, 0.5) is 10.1 Å². The SMILES string of the molecule is CCCc1cc2nccc(Cc3ccc(NC(=O)C(=O)NCCc4cccc(Br)c4)cc3F)c2cc1C(C)C. The second-order valence-corrected chi connectivity index (χ2v) is 10.9. The summed E-state index contributed by atoms with van der Waals surface area (Å²) in [5, 5.41) is 6.12. The van der Waals surface area contributed by atoms with Crippen molar-refractivity contribution < 1.29 is 14.0 Å². The summed E-state index contributed by atoms with van der Waals surface area (Å²) in [6.45, 7) is 6.86. The molecule has 0 saturated heterocycles. The van der Waals surface area contributed by atoms with Crippen LogP contribution in [0, 0.1) is 5.82 Å². The molecule has 0 saturated carbocycles. The lowest BCUT2D eigenvalue weighted by Gasteiger charge is -2.16. The van der Waals surface area contributed by atoms with Crippen LogP contribution >= 0.6 is 15.9 Å². The van der Waals surface area contributed by atoms with Crippen molar-refractivity contribution in [3.63, 3.8) is 0 Å². The van der Waals surface area contributed by atoms with Crippen LogP contribution in [0.25, 0.3) is 10.9 Å². The lowest BCUT2D eigenvalue weighted by Crippen LogP contribution is -2.36. The van der Waals surface area contributed by atoms with Crippen molar-refractivity contribution in [1.29, 1.82) is 0 Å². The van der Waals surface area contributed by atoms with Gasteiger partial charge in [-0.25, -0.2) is 4.39 Å². The molecule has 4 rings (SSSR count). The summed E-state index contributed by atoms with van der Waals surface area (Å²) in [7, 11) is 0. The number of aromatic nitrogens is 1. The van der Waals surface area contributed by atoms with E-state index in [0.717, 1.165) is 39.3 Å². The fourth-order valence-corrected chi connectivity index (χ4v) is 5.19. The smallest absolute Gasteiger partial charge is 0.313 e. The molecular formula is C32H33BrFN3O2. The van der Waals surface area contributed by atoms with E-state index in [1.807, 2.05) is 30.3 Å². The van der Waals surface area contributed by atoms with Gasteiger partial charge in [0.1, 0.15) is 5.82 Å². The number of halogens is 2. The molecule has 0 bridgehead atoms. The Bertz CT molecular complexity index is 1500. The minimum Gasteiger partial charge on any atom is -0.347 e. The van der Waals surface area contributed by atoms with Crippen molar-refractivity contribution in [2.75, 3.05) is 11.9 Å². The number of carbonyl (C=O) groups is 2. The Hall–Kier alpha value is -3.58. The van der Waals surface area contributed by atoms with Crippen LogP contribution in [-0.4, -0.2) is 23.3 Å². The van der Waals surface area contributed by atoms with Crippen LogP contribution in [0.5, 0.6) is 0 Å². The number of anilines is 1. The monoisotopic (exact) mass is 589 g/mol. The number of nitrogens with zero attached hydrogens (tertiary/aromatic N) is 1. The van der Waals surface area contributed by atoms with Crippen LogP contribution < -0.4 is 10.6 Å². The van der Waals surface area contributed by atoms with Crippen molar-refractivity contribution in [2.45, 2.75) is 52.4 Å². The summed E-state index contributed by atoms with van der Waals surface area (Å²) in [6.07, 6.45) is 4.81. The maximum Gasteiger partial charge on any atom is 0.313 e. The zero-order valence-electron chi connectivity index (χ0n) is 22.5. The molecule has 7 heteroatoms. The summed E-state index contributed by atoms with van der Waals surface area (Å²) in [5.41, 5.74) is 6.28. The average Bonchev–Trinajstić information content (AvgIpc) is 2.90. The first-order valence-electron chi connectivity index (χ1n) is 13.3. The van der Waals surface area contributed by atoms with E-state index < -0.39 is 17.6 Å². The van der Waals surface area contributed by atoms with Crippen molar-refractivity contribution in [1.82, 2.24) is 10.3 Å². The lowest BCUT2D eigenvalue weighted by molar-refractivity contribution is -0.136. The van der Waals surface area contributed by atoms with Crippen LogP contribution in [0.3, 0.4) is 0 Å². The lowest BCUT2D eigenvalue weighted by atomic mass is 9.90. The highest BCUT2D eigenvalue weighted by Gasteiger charge is 2.16. The molecule has 5 nitrogen and oxygen atoms in total. The van der Waals surface area contributed by atoms with E-state index in [4.69, 9.17) is 0 Å². The van der Waals surface area contributed by atoms with Gasteiger partial charge in [-0.3, -0.25) is 14.6 Å². The number of hydrogen-bond acceptors (Lipinski definition) is 3. The highest BCUT2D eigenvalue weighted by molar-refractivity contribution is 9.10. The van der Waals surface area contributed by atoms with Gasteiger partial charge in [0.15, 0.2) is 0 Å². The molecule has 39 heavy (non-hydrogen) atoms. The number of hydrogen-bond donors (Lipinski definition) is 2. The third-order valence-corrected chi connectivity index (χ3v) is 7.21. The molecule has 2 N–H and O–H groups in total. The summed E-state index contributed by atoms with van der Waals surface area (Å²) >= 11 is 3.41. The summed E-state index contributed by atoms with van der Waals surface area (Å²) in [4.78, 5) is 29.1. The molecule has 1 heterocycles. The van der Waals surface area contributed by atoms with Crippen LogP contribution in [-0.2, 0) is 28.9 Å². The number of rotatable bonds is 9. The summed E-state index contributed by atoms with van der Waals surface area (Å²) in [5.74, 6) is -1.66. The average molecular weight is 591 g/mol. The molecule has 0 fully saturated rings. The Labute approximate surface area is 237 Å². The van der Waals surface area contributed by atoms with Crippen LogP contribution in [0.2, 0.25) is 0 Å². The molecule has 0 atom stereocenters. The Morgan fingerprint density at radius 2 is 1.77 bits per heavy atom. The molecule has 0 unspecified atom stereocenters. The quantitative estimate of drug-likeness (QED) is 0.204. The number of benzene rings is 3. The molecule has 0 spiro atoms. The molecule has 2 amide bonds. The molecule has 4 aromatic rings. The molecule has 0 aliphatic carbocycles. The number of amides is 2. The molecule has 0 aliphatic rings. The minimum absolute atomic E-state index is 0.231. The number of aryl methyl sites for hydroxylation is 1. The van der Waals surface area contributed by atoms with Gasteiger partial charge in [0.25, 0.3) is 0 Å². The van der Waals surface area contributed by atoms with Crippen molar-refractivity contribution in [3.8, 4) is 0 Å². The maximum absolute atomic E-state index is 15.1. The van der Waals surface area contributed by atoms with E-state index >= 15 is 4.39 Å². The first kappa shape index (κ1) is 28.4. The summed E-state index contributed by atoms with van der Waals surface area (Å²) < 4.78 is 16.1. The van der Waals surface area contributed by atoms with Crippen molar-refractivity contribution in [3.05, 3.63) is 105 Å². The van der Waals surface area contributed by atoms with E-state index in [2.05, 4.69) is 64.5 Å². The predicted molar refractivity (Wildman–Crippen MR) is 159 cm³/mol. The fraction of sp³-hybridized carbons (Fsp3) is 0.281. The fourth-order valence-electron chi connectivity index (χ4n) is 4.74. The van der Waals surface area contributed by atoms with E-state index in [0.29, 0.717) is 30.9 Å². The molecular weight excluding hydrogens is 557 g/mol. The number of fused-ring (bicyclic) bond motifs is 1. The first-order valence-corrected chi connectivity index (χ1v) is 14.1. The Kier molecular flexibility index (Phi) is 9.46. The van der Waals surface area contributed by atoms with Gasteiger partial charge in [0.05, 0.1) is 5.52 Å². The second kappa shape index (κ2) is 13.0. The van der Waals surface area contributed by atoms with Crippen molar-refractivity contribution in [2.24, 2.45) is 0 Å². The molecule has 0 aliphatic heterocycles. The van der Waals surface area contributed by atoms with E-state index in [-0.39, 0.29) is 5.69 Å². The molecule has 1 aromatic heterocycles. The topological polar surface area (TPSA) is 71.1 Å². The van der Waals surface area contributed by atoms with Gasteiger partial charge in [-0.1, -0.05) is 61.3 Å². The Balaban J connectivity index is 1.43. The largest absolute Gasteiger partial charge is 0.347 e. The second-order valence-electron chi connectivity index (χ2n) is 10.0. The van der Waals surface area contributed by atoms with E-state index in [1.54, 1.807) is 18.3 Å². The summed E-state index contributed by atoms with van der Waals surface area (Å²) in [6, 6.07) is 18.6. The van der Waals surface area contributed by atoms with Gasteiger partial charge in [-0.15, -0.1) is 0 Å². The molecule has 0 radical (unpaired) electrons. The van der Waals surface area contributed by atoms with Gasteiger partial charge in [-0.2, -0.15) is 0 Å². The number of nitrogens with one attached hydrogen (secondary N) is 2. The van der Waals surface area contributed by atoms with Gasteiger partial charge in [-0.05, 0) is 89.0 Å². The molecule has 202 valence electrons. The zero-order chi connectivity index (χ0) is 27.9. The Morgan fingerprint density at radius 1 is 0.949 bits per heavy atom. The Morgan fingerprint density at radius 3 is 2.49 bits per heavy atom. The maximum atomic E-state index is 15.1. The van der Waals surface area contributed by atoms with Crippen molar-refractivity contribution >= 4 is 44.3 Å². The number of carbonyl (C=O) groups excluding carboxylic acids is 2. The molecule has 3 aromatic carbocycles. The van der Waals surface area contributed by atoms with E-state index in [9.17, 15) is 9.59 Å². The zero-order valence-corrected chi connectivity index (χ0v) is 24.1. The van der Waals surface area contributed by atoms with Crippen LogP contribution in [0.15, 0.2) is 71.3 Å². The third kappa shape index (κ3) is 7.30. The van der Waals surface area contributed by atoms with Gasteiger partial charge < -0.3 is 10.6 Å². The van der Waals surface area contributed by atoms with E-state index in [1.165, 1.54) is 17.2 Å². The number of pyridine rings is 1. The van der Waals surface area contributed by atoms with Gasteiger partial charge in [0.2, 0.25) is 0 Å². The standard InChI is InChI=1S/C32H33BrFN3O2/c1-4-6-22-17-30-28(19-27(22)20(2)3)23(12-14-35-30)16-24-9-10-26(18-29(24)34)37-32(39)31(38)36-13-11-21-7-5-8-25(33)15-21/h5,7-10,12,14-15,17-20H,4,6,11,13,16H2,1-3H3,(H,36,38)(H,37,39).